The van der Waals surface area contributed by atoms with Crippen molar-refractivity contribution in [3.8, 4) is 0 Å². The number of thioether (sulfide) groups is 1. The molecule has 1 aromatic heterocycles. The molecule has 2 aromatic carbocycles. The number of benzene rings is 2. The van der Waals surface area contributed by atoms with Crippen LogP contribution in [0.4, 0.5) is 14.5 Å². The molecule has 0 unspecified atom stereocenters. The summed E-state index contributed by atoms with van der Waals surface area (Å²) in [4.78, 5) is 29.8. The van der Waals surface area contributed by atoms with Crippen LogP contribution in [0.2, 0.25) is 0 Å². The van der Waals surface area contributed by atoms with Crippen LogP contribution in [-0.2, 0) is 4.79 Å². The number of halogens is 2. The molecule has 0 fully saturated rings. The molecule has 1 heterocycles. The molecule has 1 atom stereocenters. The first-order chi connectivity index (χ1) is 13.3. The smallest absolute Gasteiger partial charge is 0.262 e. The molecule has 0 saturated heterocycles. The summed E-state index contributed by atoms with van der Waals surface area (Å²) < 4.78 is 28.3. The molecule has 5 nitrogen and oxygen atoms in total. The fraction of sp³-hybridized carbons (Fsp3) is 0.250. The van der Waals surface area contributed by atoms with Crippen molar-refractivity contribution in [2.24, 2.45) is 0 Å². The van der Waals surface area contributed by atoms with Crippen LogP contribution in [0.15, 0.2) is 52.4 Å². The summed E-state index contributed by atoms with van der Waals surface area (Å²) in [6.45, 7) is 5.36. The first-order valence-corrected chi connectivity index (χ1v) is 9.59. The highest BCUT2D eigenvalue weighted by atomic mass is 32.2. The van der Waals surface area contributed by atoms with Crippen LogP contribution in [-0.4, -0.2) is 20.7 Å². The quantitative estimate of drug-likeness (QED) is 0.507. The van der Waals surface area contributed by atoms with E-state index in [0.717, 1.165) is 23.9 Å². The minimum absolute atomic E-state index is 0.105. The van der Waals surface area contributed by atoms with Gasteiger partial charge in [0.1, 0.15) is 11.6 Å². The zero-order valence-corrected chi connectivity index (χ0v) is 16.4. The van der Waals surface area contributed by atoms with Crippen molar-refractivity contribution in [1.29, 1.82) is 0 Å². The fourth-order valence-electron chi connectivity index (χ4n) is 2.70. The van der Waals surface area contributed by atoms with Crippen LogP contribution >= 0.6 is 11.8 Å². The molecule has 8 heteroatoms. The van der Waals surface area contributed by atoms with E-state index in [0.29, 0.717) is 22.1 Å². The Morgan fingerprint density at radius 3 is 2.54 bits per heavy atom. The zero-order chi connectivity index (χ0) is 20.4. The van der Waals surface area contributed by atoms with Gasteiger partial charge in [-0.05, 0) is 45.0 Å². The predicted octanol–water partition coefficient (Wildman–Crippen LogP) is 4.37. The number of amides is 1. The Labute approximate surface area is 164 Å². The van der Waals surface area contributed by atoms with E-state index in [2.05, 4.69) is 10.3 Å². The molecule has 0 aliphatic heterocycles. The number of hydrogen-bond acceptors (Lipinski definition) is 4. The molecule has 0 aliphatic rings. The van der Waals surface area contributed by atoms with Crippen LogP contribution in [0, 0.1) is 11.6 Å². The molecular formula is C20H19F2N3O2S. The first-order valence-electron chi connectivity index (χ1n) is 8.71. The summed E-state index contributed by atoms with van der Waals surface area (Å²) in [6, 6.07) is 9.80. The lowest BCUT2D eigenvalue weighted by molar-refractivity contribution is -0.115. The molecule has 0 spiro atoms. The highest BCUT2D eigenvalue weighted by Gasteiger charge is 2.21. The predicted molar refractivity (Wildman–Crippen MR) is 107 cm³/mol. The molecule has 0 bridgehead atoms. The van der Waals surface area contributed by atoms with Crippen molar-refractivity contribution < 1.29 is 13.6 Å². The number of fused-ring (bicyclic) bond motifs is 1. The van der Waals surface area contributed by atoms with Crippen LogP contribution in [0.5, 0.6) is 0 Å². The molecule has 1 N–H and O–H groups in total. The number of nitrogens with zero attached hydrogens (tertiary/aromatic N) is 2. The molecule has 146 valence electrons. The van der Waals surface area contributed by atoms with E-state index < -0.39 is 22.8 Å². The Morgan fingerprint density at radius 2 is 1.86 bits per heavy atom. The van der Waals surface area contributed by atoms with E-state index >= 15 is 0 Å². The van der Waals surface area contributed by atoms with Crippen molar-refractivity contribution >= 4 is 34.3 Å². The second kappa shape index (κ2) is 8.10. The maximum absolute atomic E-state index is 13.8. The lowest BCUT2D eigenvalue weighted by Crippen LogP contribution is -2.28. The maximum atomic E-state index is 13.8. The Kier molecular flexibility index (Phi) is 5.79. The maximum Gasteiger partial charge on any atom is 0.262 e. The third-order valence-corrected chi connectivity index (χ3v) is 5.20. The molecule has 3 aromatic rings. The topological polar surface area (TPSA) is 64.0 Å². The second-order valence-electron chi connectivity index (χ2n) is 6.55. The van der Waals surface area contributed by atoms with Crippen LogP contribution in [0.25, 0.3) is 10.9 Å². The van der Waals surface area contributed by atoms with Crippen molar-refractivity contribution in [2.75, 3.05) is 5.32 Å². The van der Waals surface area contributed by atoms with E-state index in [4.69, 9.17) is 0 Å². The van der Waals surface area contributed by atoms with Crippen molar-refractivity contribution in [3.05, 3.63) is 64.5 Å². The van der Waals surface area contributed by atoms with Gasteiger partial charge in [-0.15, -0.1) is 0 Å². The largest absolute Gasteiger partial charge is 0.323 e. The Hall–Kier alpha value is -2.74. The second-order valence-corrected chi connectivity index (χ2v) is 7.86. The van der Waals surface area contributed by atoms with Gasteiger partial charge in [-0.3, -0.25) is 14.2 Å². The summed E-state index contributed by atoms with van der Waals surface area (Å²) in [5, 5.41) is 2.69. The summed E-state index contributed by atoms with van der Waals surface area (Å²) >= 11 is 1.11. The van der Waals surface area contributed by atoms with Gasteiger partial charge in [0.05, 0.1) is 21.8 Å². The fourth-order valence-corrected chi connectivity index (χ4v) is 3.74. The number of carbonyl (C=O) groups is 1. The van der Waals surface area contributed by atoms with E-state index in [9.17, 15) is 18.4 Å². The van der Waals surface area contributed by atoms with E-state index in [-0.39, 0.29) is 17.3 Å². The number of hydrogen-bond donors (Lipinski definition) is 1. The number of para-hydroxylation sites is 1. The Morgan fingerprint density at radius 1 is 1.14 bits per heavy atom. The van der Waals surface area contributed by atoms with Crippen molar-refractivity contribution in [1.82, 2.24) is 9.55 Å². The standard InChI is InChI=1S/C20H19F2N3O2S/c1-11(2)25-19(27)14-6-4-5-7-16(14)24-20(25)28-12(3)18(26)23-17-9-8-13(21)10-15(17)22/h4-12H,1-3H3,(H,23,26)/t12-/m0/s1. The summed E-state index contributed by atoms with van der Waals surface area (Å²) in [5.41, 5.74) is 0.260. The molecular weight excluding hydrogens is 384 g/mol. The monoisotopic (exact) mass is 403 g/mol. The highest BCUT2D eigenvalue weighted by molar-refractivity contribution is 8.00. The molecule has 1 amide bonds. The summed E-state index contributed by atoms with van der Waals surface area (Å²) in [7, 11) is 0. The molecule has 0 radical (unpaired) electrons. The van der Waals surface area contributed by atoms with Gasteiger partial charge >= 0.3 is 0 Å². The van der Waals surface area contributed by atoms with Crippen LogP contribution in [0.1, 0.15) is 26.8 Å². The number of aromatic nitrogens is 2. The van der Waals surface area contributed by atoms with Gasteiger partial charge in [0.15, 0.2) is 5.16 Å². The molecule has 28 heavy (non-hydrogen) atoms. The van der Waals surface area contributed by atoms with Gasteiger partial charge in [-0.1, -0.05) is 23.9 Å². The lowest BCUT2D eigenvalue weighted by atomic mass is 10.2. The summed E-state index contributed by atoms with van der Waals surface area (Å²) in [6.07, 6.45) is 0. The SMILES string of the molecule is CC(C)n1c(S[C@@H](C)C(=O)Nc2ccc(F)cc2F)nc2ccccc2c1=O. The number of rotatable bonds is 5. The normalized spacial score (nSPS) is 12.4. The Bertz CT molecular complexity index is 1100. The number of nitrogens with one attached hydrogen (secondary N) is 1. The van der Waals surface area contributed by atoms with Crippen LogP contribution < -0.4 is 10.9 Å². The lowest BCUT2D eigenvalue weighted by Gasteiger charge is -2.18. The van der Waals surface area contributed by atoms with Gasteiger partial charge in [-0.2, -0.15) is 0 Å². The third kappa shape index (κ3) is 4.06. The zero-order valence-electron chi connectivity index (χ0n) is 15.6. The van der Waals surface area contributed by atoms with E-state index in [1.165, 1.54) is 4.57 Å². The van der Waals surface area contributed by atoms with Gasteiger partial charge in [0.25, 0.3) is 5.56 Å². The van der Waals surface area contributed by atoms with Gasteiger partial charge < -0.3 is 5.32 Å². The van der Waals surface area contributed by atoms with Gasteiger partial charge in [0.2, 0.25) is 5.91 Å². The number of anilines is 1. The minimum atomic E-state index is -0.853. The van der Waals surface area contributed by atoms with E-state index in [1.807, 2.05) is 13.8 Å². The first kappa shape index (κ1) is 20.0. The number of carbonyl (C=O) groups excluding carboxylic acids is 1. The van der Waals surface area contributed by atoms with Gasteiger partial charge in [-0.25, -0.2) is 13.8 Å². The molecule has 3 rings (SSSR count). The third-order valence-electron chi connectivity index (χ3n) is 4.13. The highest BCUT2D eigenvalue weighted by Crippen LogP contribution is 2.26. The molecule has 0 aliphatic carbocycles. The Balaban J connectivity index is 1.89. The van der Waals surface area contributed by atoms with E-state index in [1.54, 1.807) is 31.2 Å². The van der Waals surface area contributed by atoms with Gasteiger partial charge in [0, 0.05) is 12.1 Å². The minimum Gasteiger partial charge on any atom is -0.323 e. The van der Waals surface area contributed by atoms with Crippen molar-refractivity contribution in [3.63, 3.8) is 0 Å². The molecule has 0 saturated carbocycles. The summed E-state index contributed by atoms with van der Waals surface area (Å²) in [5.74, 6) is -2.05. The average molecular weight is 403 g/mol. The van der Waals surface area contributed by atoms with Crippen LogP contribution in [0.3, 0.4) is 0 Å². The average Bonchev–Trinajstić information content (AvgIpc) is 2.63. The van der Waals surface area contributed by atoms with Crippen molar-refractivity contribution in [2.45, 2.75) is 37.2 Å².